The minimum Gasteiger partial charge on any atom is -0.374 e. The minimum absolute atomic E-state index is 0.0521. The molecule has 17 heteroatoms. The summed E-state index contributed by atoms with van der Waals surface area (Å²) in [6.45, 7) is 1.31. The van der Waals surface area contributed by atoms with Gasteiger partial charge in [0, 0.05) is 17.4 Å². The number of hydrazine groups is 1. The van der Waals surface area contributed by atoms with E-state index in [-0.39, 0.29) is 33.8 Å². The molecule has 212 valence electrons. The molecule has 0 aromatic heterocycles. The number of nitrogens with two attached hydrogens (primary N) is 1. The molecule has 39 heavy (non-hydrogen) atoms. The number of hydrogen-bond acceptors (Lipinski definition) is 7. The second kappa shape index (κ2) is 10.1. The third-order valence-corrected chi connectivity index (χ3v) is 6.69. The van der Waals surface area contributed by atoms with Crippen LogP contribution in [0.25, 0.3) is 0 Å². The zero-order valence-corrected chi connectivity index (χ0v) is 21.3. The Hall–Kier alpha value is -3.24. The molecule has 0 saturated heterocycles. The van der Waals surface area contributed by atoms with Gasteiger partial charge >= 0.3 is 12.4 Å². The van der Waals surface area contributed by atoms with Crippen LogP contribution in [0.4, 0.5) is 30.7 Å². The maximum atomic E-state index is 14.7. The van der Waals surface area contributed by atoms with Crippen molar-refractivity contribution in [2.45, 2.75) is 31.3 Å². The molecule has 2 amide bonds. The predicted molar refractivity (Wildman–Crippen MR) is 123 cm³/mol. The molecular formula is C22H17ClF7N3O5S. The molecule has 0 saturated carbocycles. The van der Waals surface area contributed by atoms with E-state index in [1.807, 2.05) is 0 Å². The summed E-state index contributed by atoms with van der Waals surface area (Å²) in [5.74, 6) is 0.219. The van der Waals surface area contributed by atoms with Crippen molar-refractivity contribution in [2.24, 2.45) is 11.0 Å². The van der Waals surface area contributed by atoms with Crippen LogP contribution in [-0.2, 0) is 31.2 Å². The van der Waals surface area contributed by atoms with Gasteiger partial charge in [-0.1, -0.05) is 22.8 Å². The lowest BCUT2D eigenvalue weighted by molar-refractivity contribution is -0.276. The predicted octanol–water partition coefficient (Wildman–Crippen LogP) is 4.28. The van der Waals surface area contributed by atoms with Crippen molar-refractivity contribution in [2.75, 3.05) is 12.0 Å². The highest BCUT2D eigenvalue weighted by Crippen LogP contribution is 2.51. The molecule has 1 atom stereocenters. The minimum atomic E-state index is -5.46. The van der Waals surface area contributed by atoms with E-state index >= 15 is 0 Å². The van der Waals surface area contributed by atoms with E-state index in [1.165, 1.54) is 6.92 Å². The van der Waals surface area contributed by atoms with Gasteiger partial charge in [0.15, 0.2) is 9.84 Å². The quantitative estimate of drug-likeness (QED) is 0.236. The summed E-state index contributed by atoms with van der Waals surface area (Å²) in [5.41, 5.74) is -7.53. The summed E-state index contributed by atoms with van der Waals surface area (Å²) in [7, 11) is -3.82. The fourth-order valence-corrected chi connectivity index (χ4v) is 4.51. The number of imide groups is 1. The van der Waals surface area contributed by atoms with Gasteiger partial charge in [-0.15, -0.1) is 0 Å². The molecule has 1 heterocycles. The number of aryl methyl sites for hydroxylation is 1. The lowest BCUT2D eigenvalue weighted by Gasteiger charge is -2.30. The number of rotatable bonds is 5. The number of benzene rings is 2. The van der Waals surface area contributed by atoms with Gasteiger partial charge in [0.05, 0.1) is 22.7 Å². The molecule has 0 fully saturated rings. The Morgan fingerprint density at radius 1 is 1.15 bits per heavy atom. The highest BCUT2D eigenvalue weighted by Gasteiger charge is 2.64. The molecule has 1 unspecified atom stereocenters. The van der Waals surface area contributed by atoms with Crippen molar-refractivity contribution >= 4 is 39.0 Å². The van der Waals surface area contributed by atoms with E-state index < -0.39 is 79.5 Å². The average Bonchev–Trinajstić information content (AvgIpc) is 3.24. The molecule has 2 aromatic rings. The monoisotopic (exact) mass is 603 g/mol. The normalized spacial score (nSPS) is 18.0. The summed E-state index contributed by atoms with van der Waals surface area (Å²) in [6, 6.07) is 3.37. The fourth-order valence-electron chi connectivity index (χ4n) is 3.70. The van der Waals surface area contributed by atoms with Crippen LogP contribution in [0.2, 0.25) is 5.02 Å². The van der Waals surface area contributed by atoms with Crippen molar-refractivity contribution in [1.29, 1.82) is 0 Å². The molecular weight excluding hydrogens is 587 g/mol. The second-order valence-electron chi connectivity index (χ2n) is 8.62. The highest BCUT2D eigenvalue weighted by molar-refractivity contribution is 7.91. The van der Waals surface area contributed by atoms with Gasteiger partial charge in [0.25, 0.3) is 17.4 Å². The number of oxime groups is 1. The van der Waals surface area contributed by atoms with Crippen LogP contribution in [0.15, 0.2) is 35.5 Å². The molecule has 3 rings (SSSR count). The topological polar surface area (TPSA) is 119 Å². The van der Waals surface area contributed by atoms with Crippen molar-refractivity contribution in [3.8, 4) is 0 Å². The summed E-state index contributed by atoms with van der Waals surface area (Å²) in [4.78, 5) is 29.1. The van der Waals surface area contributed by atoms with E-state index in [0.29, 0.717) is 0 Å². The van der Waals surface area contributed by atoms with Crippen molar-refractivity contribution in [3.63, 3.8) is 0 Å². The van der Waals surface area contributed by atoms with E-state index in [4.69, 9.17) is 17.4 Å². The van der Waals surface area contributed by atoms with Crippen LogP contribution in [0, 0.1) is 12.7 Å². The Bertz CT molecular complexity index is 1490. The molecule has 0 bridgehead atoms. The number of carbonyl (C=O) groups is 2. The smallest absolute Gasteiger partial charge is 0.374 e. The molecule has 1 aliphatic rings. The van der Waals surface area contributed by atoms with Gasteiger partial charge in [-0.05, 0) is 42.3 Å². The third-order valence-electron chi connectivity index (χ3n) is 5.64. The molecule has 0 spiro atoms. The number of nitrogens with zero attached hydrogens (tertiary/aromatic N) is 2. The van der Waals surface area contributed by atoms with E-state index in [9.17, 15) is 48.7 Å². The van der Waals surface area contributed by atoms with E-state index in [2.05, 4.69) is 9.99 Å². The fraction of sp³-hybridized carbons (Fsp3) is 0.318. The van der Waals surface area contributed by atoms with E-state index in [0.717, 1.165) is 24.5 Å². The second-order valence-corrected chi connectivity index (χ2v) is 11.2. The number of sulfone groups is 1. The first-order valence-corrected chi connectivity index (χ1v) is 12.9. The molecule has 1 aliphatic heterocycles. The first-order valence-electron chi connectivity index (χ1n) is 10.5. The zero-order chi connectivity index (χ0) is 29.7. The Balaban J connectivity index is 1.98. The lowest BCUT2D eigenvalue weighted by Crippen LogP contribution is -2.45. The largest absolute Gasteiger partial charge is 0.435 e. The SMILES string of the molecule is Cc1cc(C2=NOC(c3cc(C(F)(F)F)cc(Cl)c3F)(C(F)(F)F)C2)ccc1C(=O)N(N)C(=O)CS(C)(=O)=O. The molecule has 0 radical (unpaired) electrons. The Kier molecular flexibility index (Phi) is 7.82. The lowest BCUT2D eigenvalue weighted by atomic mass is 9.85. The van der Waals surface area contributed by atoms with Crippen LogP contribution in [0.3, 0.4) is 0 Å². The number of alkyl halides is 6. The first-order chi connectivity index (χ1) is 17.7. The van der Waals surface area contributed by atoms with Gasteiger partial charge in [0.2, 0.25) is 0 Å². The molecule has 2 aromatic carbocycles. The van der Waals surface area contributed by atoms with Gasteiger partial charge in [-0.3, -0.25) is 9.59 Å². The Morgan fingerprint density at radius 2 is 1.77 bits per heavy atom. The standard InChI is InChI=1S/C22H17ClF7N3O5S/c1-10-5-11(3-4-13(10)19(35)33(31)17(34)9-39(2,36)37)16-8-20(38-32-16,22(28,29)30)14-6-12(21(25,26)27)7-15(23)18(14)24/h3-7H,8-9,31H2,1-2H3. The van der Waals surface area contributed by atoms with Crippen LogP contribution >= 0.6 is 11.6 Å². The molecule has 8 nitrogen and oxygen atoms in total. The summed E-state index contributed by atoms with van der Waals surface area (Å²) < 4.78 is 120. The Labute approximate surface area is 221 Å². The summed E-state index contributed by atoms with van der Waals surface area (Å²) in [5, 5.41) is 2.20. The molecule has 2 N–H and O–H groups in total. The van der Waals surface area contributed by atoms with Gasteiger partial charge in [-0.25, -0.2) is 23.7 Å². The van der Waals surface area contributed by atoms with Crippen molar-refractivity contribution in [1.82, 2.24) is 5.01 Å². The maximum absolute atomic E-state index is 14.7. The summed E-state index contributed by atoms with van der Waals surface area (Å²) >= 11 is 5.48. The maximum Gasteiger partial charge on any atom is 0.435 e. The van der Waals surface area contributed by atoms with Crippen molar-refractivity contribution < 1.29 is 53.6 Å². The zero-order valence-electron chi connectivity index (χ0n) is 19.7. The van der Waals surface area contributed by atoms with Gasteiger partial charge in [-0.2, -0.15) is 26.3 Å². The number of carbonyl (C=O) groups excluding carboxylic acids is 2. The van der Waals surface area contributed by atoms with Crippen molar-refractivity contribution in [3.05, 3.63) is 69.0 Å². The molecule has 0 aliphatic carbocycles. The average molecular weight is 604 g/mol. The highest BCUT2D eigenvalue weighted by atomic mass is 35.5. The number of hydrogen-bond donors (Lipinski definition) is 1. The van der Waals surface area contributed by atoms with Crippen LogP contribution < -0.4 is 5.84 Å². The third kappa shape index (κ3) is 6.01. The number of halogens is 8. The van der Waals surface area contributed by atoms with Crippen LogP contribution in [0.1, 0.15) is 39.0 Å². The Morgan fingerprint density at radius 3 is 2.28 bits per heavy atom. The van der Waals surface area contributed by atoms with Gasteiger partial charge < -0.3 is 4.84 Å². The first kappa shape index (κ1) is 30.3. The van der Waals surface area contributed by atoms with Gasteiger partial charge in [0.1, 0.15) is 11.6 Å². The van der Waals surface area contributed by atoms with Crippen LogP contribution in [0.5, 0.6) is 0 Å². The number of amides is 2. The van der Waals surface area contributed by atoms with Crippen LogP contribution in [-0.4, -0.2) is 49.1 Å². The summed E-state index contributed by atoms with van der Waals surface area (Å²) in [6.07, 6.45) is -11.1. The van der Waals surface area contributed by atoms with E-state index in [1.54, 1.807) is 0 Å².